The molecule has 1 aromatic heterocycles. The van der Waals surface area contributed by atoms with Gasteiger partial charge in [0.05, 0.1) is 11.1 Å². The molecule has 0 aliphatic heterocycles. The first-order valence-corrected chi connectivity index (χ1v) is 6.69. The van der Waals surface area contributed by atoms with Gasteiger partial charge in [-0.2, -0.15) is 39.5 Å². The standard InChI is InChI=1S/C14H6F9N3O/c15-12(16,17)7-3-6(4-8(5-7)13(18,19)20)11(27)24-10-2-1-9(25-26-10)14(21,22)23/h1-5H,(H,24,26,27). The van der Waals surface area contributed by atoms with E-state index in [1.807, 2.05) is 0 Å². The lowest BCUT2D eigenvalue weighted by atomic mass is 10.0. The van der Waals surface area contributed by atoms with Crippen molar-refractivity contribution in [3.8, 4) is 0 Å². The van der Waals surface area contributed by atoms with Gasteiger partial charge in [0.1, 0.15) is 0 Å². The van der Waals surface area contributed by atoms with Crippen molar-refractivity contribution in [3.05, 3.63) is 52.7 Å². The molecule has 0 aliphatic carbocycles. The molecule has 0 saturated heterocycles. The topological polar surface area (TPSA) is 54.9 Å². The second-order valence-electron chi connectivity index (χ2n) is 5.05. The zero-order chi connectivity index (χ0) is 20.6. The molecule has 0 radical (unpaired) electrons. The highest BCUT2D eigenvalue weighted by Gasteiger charge is 2.37. The highest BCUT2D eigenvalue weighted by Crippen LogP contribution is 2.36. The molecule has 0 saturated carbocycles. The van der Waals surface area contributed by atoms with Crippen molar-refractivity contribution < 1.29 is 44.3 Å². The molecule has 0 aliphatic rings. The summed E-state index contributed by atoms with van der Waals surface area (Å²) in [5.74, 6) is -2.04. The van der Waals surface area contributed by atoms with E-state index in [1.54, 1.807) is 5.32 Å². The lowest BCUT2D eigenvalue weighted by Crippen LogP contribution is -2.18. The minimum absolute atomic E-state index is 0.169. The molecule has 4 nitrogen and oxygen atoms in total. The van der Waals surface area contributed by atoms with Crippen LogP contribution in [0.15, 0.2) is 30.3 Å². The number of carbonyl (C=O) groups is 1. The number of nitrogens with one attached hydrogen (secondary N) is 1. The van der Waals surface area contributed by atoms with E-state index in [9.17, 15) is 44.3 Å². The number of hydrogen-bond donors (Lipinski definition) is 1. The number of benzene rings is 1. The predicted octanol–water partition coefficient (Wildman–Crippen LogP) is 4.79. The van der Waals surface area contributed by atoms with Crippen LogP contribution in [0.4, 0.5) is 45.3 Å². The number of nitrogens with zero attached hydrogens (tertiary/aromatic N) is 2. The molecule has 1 N–H and O–H groups in total. The van der Waals surface area contributed by atoms with Crippen LogP contribution in [-0.2, 0) is 18.5 Å². The number of amides is 1. The molecule has 0 atom stereocenters. The fraction of sp³-hybridized carbons (Fsp3) is 0.214. The van der Waals surface area contributed by atoms with Crippen LogP contribution >= 0.6 is 0 Å². The minimum Gasteiger partial charge on any atom is -0.305 e. The van der Waals surface area contributed by atoms with Gasteiger partial charge in [-0.1, -0.05) is 0 Å². The molecule has 0 bridgehead atoms. The molecule has 13 heteroatoms. The van der Waals surface area contributed by atoms with Crippen LogP contribution in [0.3, 0.4) is 0 Å². The van der Waals surface area contributed by atoms with Gasteiger partial charge in [0, 0.05) is 5.56 Å². The first-order valence-electron chi connectivity index (χ1n) is 6.69. The first-order chi connectivity index (χ1) is 12.2. The summed E-state index contributed by atoms with van der Waals surface area (Å²) >= 11 is 0. The third-order valence-corrected chi connectivity index (χ3v) is 3.05. The summed E-state index contributed by atoms with van der Waals surface area (Å²) in [6.07, 6.45) is -15.1. The van der Waals surface area contributed by atoms with Crippen LogP contribution in [0.25, 0.3) is 0 Å². The molecule has 0 fully saturated rings. The average molecular weight is 403 g/mol. The lowest BCUT2D eigenvalue weighted by molar-refractivity contribution is -0.143. The third kappa shape index (κ3) is 5.08. The Bertz CT molecular complexity index is 807. The Morgan fingerprint density at radius 1 is 0.741 bits per heavy atom. The average Bonchev–Trinajstić information content (AvgIpc) is 2.52. The van der Waals surface area contributed by atoms with Crippen LogP contribution in [0.5, 0.6) is 0 Å². The summed E-state index contributed by atoms with van der Waals surface area (Å²) in [6.45, 7) is 0. The van der Waals surface area contributed by atoms with Crippen molar-refractivity contribution in [2.24, 2.45) is 0 Å². The molecule has 27 heavy (non-hydrogen) atoms. The maximum atomic E-state index is 12.8. The number of alkyl halides is 9. The van der Waals surface area contributed by atoms with Gasteiger partial charge in [-0.3, -0.25) is 4.79 Å². The lowest BCUT2D eigenvalue weighted by Gasteiger charge is -2.14. The SMILES string of the molecule is O=C(Nc1ccc(C(F)(F)F)nn1)c1cc(C(F)(F)F)cc(C(F)(F)F)c1. The monoisotopic (exact) mass is 403 g/mol. The van der Waals surface area contributed by atoms with E-state index in [0.717, 1.165) is 0 Å². The second-order valence-corrected chi connectivity index (χ2v) is 5.05. The summed E-state index contributed by atoms with van der Waals surface area (Å²) in [7, 11) is 0. The van der Waals surface area contributed by atoms with Crippen molar-refractivity contribution in [2.45, 2.75) is 18.5 Å². The van der Waals surface area contributed by atoms with E-state index >= 15 is 0 Å². The predicted molar refractivity (Wildman–Crippen MR) is 71.4 cm³/mol. The van der Waals surface area contributed by atoms with Gasteiger partial charge < -0.3 is 5.32 Å². The fourth-order valence-electron chi connectivity index (χ4n) is 1.82. The number of halogens is 9. The Labute approximate surface area is 144 Å². The summed E-state index contributed by atoms with van der Waals surface area (Å²) in [6, 6.07) is 1.24. The Morgan fingerprint density at radius 3 is 1.63 bits per heavy atom. The van der Waals surface area contributed by atoms with Gasteiger partial charge in [0.15, 0.2) is 11.5 Å². The summed E-state index contributed by atoms with van der Waals surface area (Å²) in [5, 5.41) is 7.55. The Kier molecular flexibility index (Phi) is 5.08. The molecule has 0 spiro atoms. The summed E-state index contributed by atoms with van der Waals surface area (Å²) < 4.78 is 114. The van der Waals surface area contributed by atoms with E-state index < -0.39 is 52.6 Å². The molecule has 1 amide bonds. The number of rotatable bonds is 2. The van der Waals surface area contributed by atoms with Crippen molar-refractivity contribution in [1.29, 1.82) is 0 Å². The third-order valence-electron chi connectivity index (χ3n) is 3.05. The van der Waals surface area contributed by atoms with E-state index in [-0.39, 0.29) is 18.2 Å². The number of hydrogen-bond acceptors (Lipinski definition) is 3. The minimum atomic E-state index is -5.16. The Balaban J connectivity index is 2.35. The molecule has 1 aromatic carbocycles. The molecular formula is C14H6F9N3O. The van der Waals surface area contributed by atoms with E-state index in [4.69, 9.17) is 0 Å². The maximum Gasteiger partial charge on any atom is 0.435 e. The normalized spacial score (nSPS) is 12.8. The van der Waals surface area contributed by atoms with Crippen LogP contribution in [-0.4, -0.2) is 16.1 Å². The summed E-state index contributed by atoms with van der Waals surface area (Å²) in [5.41, 5.74) is -5.86. The fourth-order valence-corrected chi connectivity index (χ4v) is 1.82. The van der Waals surface area contributed by atoms with E-state index in [0.29, 0.717) is 12.1 Å². The first kappa shape index (κ1) is 20.5. The van der Waals surface area contributed by atoms with Crippen molar-refractivity contribution in [2.75, 3.05) is 5.32 Å². The number of anilines is 1. The zero-order valence-corrected chi connectivity index (χ0v) is 12.6. The van der Waals surface area contributed by atoms with Crippen LogP contribution in [0.2, 0.25) is 0 Å². The van der Waals surface area contributed by atoms with E-state index in [1.165, 1.54) is 0 Å². The van der Waals surface area contributed by atoms with Gasteiger partial charge in [-0.15, -0.1) is 10.2 Å². The largest absolute Gasteiger partial charge is 0.435 e. The van der Waals surface area contributed by atoms with Gasteiger partial charge in [-0.05, 0) is 30.3 Å². The molecule has 146 valence electrons. The molecule has 1 heterocycles. The molecule has 2 aromatic rings. The maximum absolute atomic E-state index is 12.8. The Hall–Kier alpha value is -2.86. The highest BCUT2D eigenvalue weighted by molar-refractivity contribution is 6.04. The quantitative estimate of drug-likeness (QED) is 0.734. The van der Waals surface area contributed by atoms with Crippen LogP contribution in [0, 0.1) is 0 Å². The second kappa shape index (κ2) is 6.70. The highest BCUT2D eigenvalue weighted by atomic mass is 19.4. The Morgan fingerprint density at radius 2 is 1.26 bits per heavy atom. The number of aromatic nitrogens is 2. The van der Waals surface area contributed by atoms with Crippen molar-refractivity contribution >= 4 is 11.7 Å². The van der Waals surface area contributed by atoms with Gasteiger partial charge in [-0.25, -0.2) is 0 Å². The molecule has 2 rings (SSSR count). The smallest absolute Gasteiger partial charge is 0.305 e. The van der Waals surface area contributed by atoms with Crippen molar-refractivity contribution in [3.63, 3.8) is 0 Å². The van der Waals surface area contributed by atoms with E-state index in [2.05, 4.69) is 10.2 Å². The van der Waals surface area contributed by atoms with Crippen molar-refractivity contribution in [1.82, 2.24) is 10.2 Å². The van der Waals surface area contributed by atoms with Crippen LogP contribution in [0.1, 0.15) is 27.2 Å². The van der Waals surface area contributed by atoms with Gasteiger partial charge >= 0.3 is 18.5 Å². The number of carbonyl (C=O) groups excluding carboxylic acids is 1. The van der Waals surface area contributed by atoms with Gasteiger partial charge in [0.25, 0.3) is 5.91 Å². The molecule has 0 unspecified atom stereocenters. The summed E-state index contributed by atoms with van der Waals surface area (Å²) in [4.78, 5) is 11.9. The van der Waals surface area contributed by atoms with Gasteiger partial charge in [0.2, 0.25) is 0 Å². The zero-order valence-electron chi connectivity index (χ0n) is 12.6. The van der Waals surface area contributed by atoms with Crippen LogP contribution < -0.4 is 5.32 Å². The molecular weight excluding hydrogens is 397 g/mol.